The van der Waals surface area contributed by atoms with E-state index >= 15 is 0 Å². The summed E-state index contributed by atoms with van der Waals surface area (Å²) in [5.74, 6) is 1.43. The maximum Gasteiger partial charge on any atom is 0.260 e. The van der Waals surface area contributed by atoms with Crippen LogP contribution in [0, 0.1) is 3.57 Å². The molecule has 1 aromatic heterocycles. The van der Waals surface area contributed by atoms with Gasteiger partial charge in [-0.15, -0.1) is 0 Å². The van der Waals surface area contributed by atoms with Crippen molar-refractivity contribution in [3.05, 3.63) is 27.6 Å². The summed E-state index contributed by atoms with van der Waals surface area (Å²) in [6, 6.07) is 5.74. The molecule has 5 nitrogen and oxygen atoms in total. The lowest BCUT2D eigenvalue weighted by Crippen LogP contribution is -1.99. The molecule has 0 bridgehead atoms. The Labute approximate surface area is 118 Å². The minimum atomic E-state index is 0.242. The van der Waals surface area contributed by atoms with E-state index < -0.39 is 0 Å². The monoisotopic (exact) mass is 357 g/mol. The standard InChI is InChI=1S/C12H12IN3O2/c13-8-1-2-10(14)9(5-8)12-15-11(16-18-12)7-3-4-17-6-7/h1-2,5,7H,3-4,6,14H2. The molecule has 0 spiro atoms. The van der Waals surface area contributed by atoms with Crippen molar-refractivity contribution in [3.63, 3.8) is 0 Å². The van der Waals surface area contributed by atoms with Gasteiger partial charge in [-0.1, -0.05) is 5.16 Å². The average molecular weight is 357 g/mol. The van der Waals surface area contributed by atoms with Gasteiger partial charge in [-0.05, 0) is 47.2 Å². The van der Waals surface area contributed by atoms with Crippen LogP contribution >= 0.6 is 22.6 Å². The van der Waals surface area contributed by atoms with Gasteiger partial charge in [0.1, 0.15) is 0 Å². The first-order chi connectivity index (χ1) is 8.74. The lowest BCUT2D eigenvalue weighted by Gasteiger charge is -2.01. The van der Waals surface area contributed by atoms with Crippen molar-refractivity contribution in [2.24, 2.45) is 0 Å². The third-order valence-electron chi connectivity index (χ3n) is 2.98. The zero-order valence-electron chi connectivity index (χ0n) is 9.60. The van der Waals surface area contributed by atoms with E-state index in [2.05, 4.69) is 32.7 Å². The molecule has 94 valence electrons. The van der Waals surface area contributed by atoms with Crippen molar-refractivity contribution in [1.29, 1.82) is 0 Å². The normalized spacial score (nSPS) is 19.3. The van der Waals surface area contributed by atoms with E-state index in [0.717, 1.165) is 22.2 Å². The molecular formula is C12H12IN3O2. The number of ether oxygens (including phenoxy) is 1. The fourth-order valence-electron chi connectivity index (χ4n) is 1.96. The molecule has 2 heterocycles. The van der Waals surface area contributed by atoms with Crippen molar-refractivity contribution in [2.75, 3.05) is 18.9 Å². The van der Waals surface area contributed by atoms with Crippen LogP contribution in [0.1, 0.15) is 18.2 Å². The highest BCUT2D eigenvalue weighted by Crippen LogP contribution is 2.29. The van der Waals surface area contributed by atoms with Gasteiger partial charge in [0.05, 0.1) is 12.2 Å². The zero-order valence-corrected chi connectivity index (χ0v) is 11.8. The molecule has 1 unspecified atom stereocenters. The lowest BCUT2D eigenvalue weighted by atomic mass is 10.1. The van der Waals surface area contributed by atoms with Crippen molar-refractivity contribution >= 4 is 28.3 Å². The summed E-state index contributed by atoms with van der Waals surface area (Å²) < 4.78 is 11.7. The number of nitrogen functional groups attached to an aromatic ring is 1. The number of hydrogen-bond donors (Lipinski definition) is 1. The minimum Gasteiger partial charge on any atom is -0.398 e. The van der Waals surface area contributed by atoms with Crippen molar-refractivity contribution in [3.8, 4) is 11.5 Å². The van der Waals surface area contributed by atoms with Crippen LogP contribution in [0.4, 0.5) is 5.69 Å². The average Bonchev–Trinajstić information content (AvgIpc) is 3.00. The van der Waals surface area contributed by atoms with Crippen LogP contribution in [0.3, 0.4) is 0 Å². The maximum atomic E-state index is 5.93. The number of hydrogen-bond acceptors (Lipinski definition) is 5. The van der Waals surface area contributed by atoms with Crippen molar-refractivity contribution in [2.45, 2.75) is 12.3 Å². The predicted molar refractivity (Wildman–Crippen MR) is 75.0 cm³/mol. The number of aromatic nitrogens is 2. The second-order valence-corrected chi connectivity index (χ2v) is 5.50. The molecule has 1 fully saturated rings. The number of rotatable bonds is 2. The molecule has 1 aliphatic rings. The van der Waals surface area contributed by atoms with Gasteiger partial charge in [0.25, 0.3) is 5.89 Å². The molecule has 6 heteroatoms. The Balaban J connectivity index is 1.94. The molecule has 1 saturated heterocycles. The number of nitrogens with zero attached hydrogens (tertiary/aromatic N) is 2. The van der Waals surface area contributed by atoms with Gasteiger partial charge in [-0.2, -0.15) is 4.98 Å². The van der Waals surface area contributed by atoms with Crippen molar-refractivity contribution in [1.82, 2.24) is 10.1 Å². The molecule has 2 aromatic rings. The SMILES string of the molecule is Nc1ccc(I)cc1-c1nc(C2CCOC2)no1. The summed E-state index contributed by atoms with van der Waals surface area (Å²) in [5, 5.41) is 4.02. The molecular weight excluding hydrogens is 345 g/mol. The molecule has 0 amide bonds. The van der Waals surface area contributed by atoms with E-state index in [1.54, 1.807) is 0 Å². The largest absolute Gasteiger partial charge is 0.398 e. The second-order valence-electron chi connectivity index (χ2n) is 4.25. The molecule has 1 aliphatic heterocycles. The van der Waals surface area contributed by atoms with Crippen LogP contribution in [-0.2, 0) is 4.74 Å². The Morgan fingerprint density at radius 1 is 1.39 bits per heavy atom. The van der Waals surface area contributed by atoms with Gasteiger partial charge in [0.2, 0.25) is 0 Å². The van der Waals surface area contributed by atoms with E-state index in [0.29, 0.717) is 24.0 Å². The summed E-state index contributed by atoms with van der Waals surface area (Å²) in [7, 11) is 0. The minimum absolute atomic E-state index is 0.242. The topological polar surface area (TPSA) is 74.2 Å². The molecule has 0 aliphatic carbocycles. The van der Waals surface area contributed by atoms with Gasteiger partial charge in [-0.25, -0.2) is 0 Å². The molecule has 1 atom stereocenters. The Bertz CT molecular complexity index is 564. The highest BCUT2D eigenvalue weighted by atomic mass is 127. The highest BCUT2D eigenvalue weighted by Gasteiger charge is 2.23. The van der Waals surface area contributed by atoms with Crippen LogP contribution in [-0.4, -0.2) is 23.4 Å². The predicted octanol–water partition coefficient (Wildman–Crippen LogP) is 2.43. The van der Waals surface area contributed by atoms with Crippen LogP contribution < -0.4 is 5.73 Å². The van der Waals surface area contributed by atoms with Crippen LogP contribution in [0.25, 0.3) is 11.5 Å². The summed E-state index contributed by atoms with van der Waals surface area (Å²) in [4.78, 5) is 4.42. The van der Waals surface area contributed by atoms with Gasteiger partial charge in [0.15, 0.2) is 5.82 Å². The lowest BCUT2D eigenvalue weighted by molar-refractivity contribution is 0.192. The van der Waals surface area contributed by atoms with Crippen LogP contribution in [0.5, 0.6) is 0 Å². The first kappa shape index (κ1) is 11.9. The fourth-order valence-corrected chi connectivity index (χ4v) is 2.45. The number of anilines is 1. The van der Waals surface area contributed by atoms with Crippen LogP contribution in [0.15, 0.2) is 22.7 Å². The molecule has 2 N–H and O–H groups in total. The van der Waals surface area contributed by atoms with Gasteiger partial charge in [-0.3, -0.25) is 0 Å². The maximum absolute atomic E-state index is 5.93. The van der Waals surface area contributed by atoms with E-state index in [-0.39, 0.29) is 5.92 Å². The first-order valence-electron chi connectivity index (χ1n) is 5.71. The number of nitrogens with two attached hydrogens (primary N) is 1. The van der Waals surface area contributed by atoms with E-state index in [1.165, 1.54) is 0 Å². The van der Waals surface area contributed by atoms with E-state index in [9.17, 15) is 0 Å². The molecule has 0 radical (unpaired) electrons. The van der Waals surface area contributed by atoms with Gasteiger partial charge >= 0.3 is 0 Å². The van der Waals surface area contributed by atoms with Gasteiger partial charge < -0.3 is 15.0 Å². The highest BCUT2D eigenvalue weighted by molar-refractivity contribution is 14.1. The molecule has 18 heavy (non-hydrogen) atoms. The summed E-state index contributed by atoms with van der Waals surface area (Å²) >= 11 is 2.23. The summed E-state index contributed by atoms with van der Waals surface area (Å²) in [6.45, 7) is 1.43. The molecule has 3 rings (SSSR count). The molecule has 1 aromatic carbocycles. The summed E-state index contributed by atoms with van der Waals surface area (Å²) in [5.41, 5.74) is 7.37. The smallest absolute Gasteiger partial charge is 0.260 e. The van der Waals surface area contributed by atoms with E-state index in [4.69, 9.17) is 15.0 Å². The quantitative estimate of drug-likeness (QED) is 0.660. The Morgan fingerprint density at radius 2 is 2.28 bits per heavy atom. The van der Waals surface area contributed by atoms with Gasteiger partial charge in [0, 0.05) is 21.8 Å². The Morgan fingerprint density at radius 3 is 3.06 bits per heavy atom. The Hall–Kier alpha value is -1.15. The van der Waals surface area contributed by atoms with Crippen LogP contribution in [0.2, 0.25) is 0 Å². The fraction of sp³-hybridized carbons (Fsp3) is 0.333. The number of benzene rings is 1. The summed E-state index contributed by atoms with van der Waals surface area (Å²) in [6.07, 6.45) is 0.945. The molecule has 0 saturated carbocycles. The Kier molecular flexibility index (Phi) is 3.21. The zero-order chi connectivity index (χ0) is 12.5. The third-order valence-corrected chi connectivity index (χ3v) is 3.65. The third kappa shape index (κ3) is 2.22. The number of halogens is 1. The van der Waals surface area contributed by atoms with Crippen molar-refractivity contribution < 1.29 is 9.26 Å². The second kappa shape index (κ2) is 4.85. The van der Waals surface area contributed by atoms with E-state index in [1.807, 2.05) is 18.2 Å². The first-order valence-corrected chi connectivity index (χ1v) is 6.78.